The Balaban J connectivity index is 2.99. The fraction of sp³-hybridized carbons (Fsp3) is 0.125. The first-order chi connectivity index (χ1) is 5.24. The zero-order valence-corrected chi connectivity index (χ0v) is 6.97. The van der Waals surface area contributed by atoms with Gasteiger partial charge >= 0.3 is 0 Å². The third kappa shape index (κ3) is 1.95. The number of hydrogen-bond donors (Lipinski definition) is 1. The van der Waals surface area contributed by atoms with E-state index in [1.54, 1.807) is 0 Å². The molecule has 3 heteroatoms. The zero-order valence-electron chi connectivity index (χ0n) is 6.21. The Bertz CT molecular complexity index is 264. The van der Waals surface area contributed by atoms with Crippen LogP contribution in [0.25, 0.3) is 0 Å². The maximum absolute atomic E-state index is 5.69. The molecule has 2 nitrogen and oxygen atoms in total. The topological polar surface area (TPSA) is 38.4 Å². The number of nitrogens with two attached hydrogens (primary N) is 1. The van der Waals surface area contributed by atoms with Crippen LogP contribution < -0.4 is 5.84 Å². The SMILES string of the molecule is C/C(=N\N)c1ccc(Cl)cc1. The van der Waals surface area contributed by atoms with Crippen molar-refractivity contribution < 1.29 is 0 Å². The molecule has 0 bridgehead atoms. The summed E-state index contributed by atoms with van der Waals surface area (Å²) in [5, 5.41) is 4.28. The Kier molecular flexibility index (Phi) is 2.49. The van der Waals surface area contributed by atoms with E-state index < -0.39 is 0 Å². The second kappa shape index (κ2) is 3.39. The molecule has 0 aliphatic carbocycles. The van der Waals surface area contributed by atoms with E-state index in [2.05, 4.69) is 5.10 Å². The Labute approximate surface area is 70.7 Å². The van der Waals surface area contributed by atoms with E-state index in [9.17, 15) is 0 Å². The maximum atomic E-state index is 5.69. The second-order valence-electron chi connectivity index (χ2n) is 2.22. The predicted octanol–water partition coefficient (Wildman–Crippen LogP) is 2.02. The van der Waals surface area contributed by atoms with Crippen LogP contribution >= 0.6 is 11.6 Å². The number of nitrogens with zero attached hydrogens (tertiary/aromatic N) is 1. The molecule has 0 unspecified atom stereocenters. The maximum Gasteiger partial charge on any atom is 0.0641 e. The van der Waals surface area contributed by atoms with Gasteiger partial charge in [-0.25, -0.2) is 0 Å². The monoisotopic (exact) mass is 168 g/mol. The highest BCUT2D eigenvalue weighted by molar-refractivity contribution is 6.30. The summed E-state index contributed by atoms with van der Waals surface area (Å²) in [5.74, 6) is 5.10. The van der Waals surface area contributed by atoms with Crippen molar-refractivity contribution in [2.75, 3.05) is 0 Å². The first kappa shape index (κ1) is 8.08. The van der Waals surface area contributed by atoms with E-state index in [0.29, 0.717) is 0 Å². The Morgan fingerprint density at radius 2 is 1.91 bits per heavy atom. The normalized spacial score (nSPS) is 11.6. The van der Waals surface area contributed by atoms with Crippen LogP contribution in [0.1, 0.15) is 12.5 Å². The summed E-state index contributed by atoms with van der Waals surface area (Å²) in [6.45, 7) is 1.85. The quantitative estimate of drug-likeness (QED) is 0.389. The van der Waals surface area contributed by atoms with Crippen LogP contribution in [0.5, 0.6) is 0 Å². The number of benzene rings is 1. The molecule has 58 valence electrons. The lowest BCUT2D eigenvalue weighted by Gasteiger charge is -1.97. The van der Waals surface area contributed by atoms with E-state index in [1.807, 2.05) is 31.2 Å². The van der Waals surface area contributed by atoms with Crippen molar-refractivity contribution in [3.63, 3.8) is 0 Å². The van der Waals surface area contributed by atoms with Gasteiger partial charge in [0.25, 0.3) is 0 Å². The van der Waals surface area contributed by atoms with Gasteiger partial charge in [0.2, 0.25) is 0 Å². The molecule has 0 amide bonds. The highest BCUT2D eigenvalue weighted by atomic mass is 35.5. The lowest BCUT2D eigenvalue weighted by Crippen LogP contribution is -1.97. The van der Waals surface area contributed by atoms with Gasteiger partial charge in [0.1, 0.15) is 0 Å². The summed E-state index contributed by atoms with van der Waals surface area (Å²) in [6, 6.07) is 7.39. The molecule has 1 aromatic rings. The molecule has 0 spiro atoms. The van der Waals surface area contributed by atoms with E-state index in [4.69, 9.17) is 17.4 Å². The van der Waals surface area contributed by atoms with Gasteiger partial charge in [-0.1, -0.05) is 23.7 Å². The molecule has 1 aromatic carbocycles. The molecule has 0 fully saturated rings. The standard InChI is InChI=1S/C8H9ClN2/c1-6(11-10)7-2-4-8(9)5-3-7/h2-5H,10H2,1H3/b11-6+. The lowest BCUT2D eigenvalue weighted by atomic mass is 10.1. The van der Waals surface area contributed by atoms with Crippen LogP contribution in [0.3, 0.4) is 0 Å². The molecule has 1 rings (SSSR count). The van der Waals surface area contributed by atoms with Crippen LogP contribution in [-0.4, -0.2) is 5.71 Å². The van der Waals surface area contributed by atoms with Crippen molar-refractivity contribution in [2.45, 2.75) is 6.92 Å². The molecule has 0 saturated heterocycles. The van der Waals surface area contributed by atoms with Crippen LogP contribution in [0, 0.1) is 0 Å². The van der Waals surface area contributed by atoms with E-state index >= 15 is 0 Å². The first-order valence-electron chi connectivity index (χ1n) is 3.24. The minimum atomic E-state index is 0.721. The summed E-state index contributed by atoms with van der Waals surface area (Å²) in [4.78, 5) is 0. The van der Waals surface area contributed by atoms with Gasteiger partial charge in [-0.2, -0.15) is 5.10 Å². The fourth-order valence-electron chi connectivity index (χ4n) is 0.766. The van der Waals surface area contributed by atoms with Gasteiger partial charge in [-0.15, -0.1) is 0 Å². The number of hydrogen-bond acceptors (Lipinski definition) is 2. The van der Waals surface area contributed by atoms with E-state index in [0.717, 1.165) is 16.3 Å². The number of hydrazone groups is 1. The third-order valence-electron chi connectivity index (χ3n) is 1.46. The highest BCUT2D eigenvalue weighted by Crippen LogP contribution is 2.09. The van der Waals surface area contributed by atoms with Crippen LogP contribution in [0.4, 0.5) is 0 Å². The second-order valence-corrected chi connectivity index (χ2v) is 2.66. The summed E-state index contributed by atoms with van der Waals surface area (Å²) >= 11 is 5.69. The smallest absolute Gasteiger partial charge is 0.0641 e. The lowest BCUT2D eigenvalue weighted by molar-refractivity contribution is 1.24. The van der Waals surface area contributed by atoms with Crippen molar-refractivity contribution in [2.24, 2.45) is 10.9 Å². The largest absolute Gasteiger partial charge is 0.323 e. The number of rotatable bonds is 1. The minimum absolute atomic E-state index is 0.721. The molecule has 0 atom stereocenters. The van der Waals surface area contributed by atoms with Crippen molar-refractivity contribution in [3.8, 4) is 0 Å². The van der Waals surface area contributed by atoms with Crippen molar-refractivity contribution in [3.05, 3.63) is 34.9 Å². The molecule has 2 N–H and O–H groups in total. The molecular weight excluding hydrogens is 160 g/mol. The van der Waals surface area contributed by atoms with E-state index in [1.165, 1.54) is 0 Å². The summed E-state index contributed by atoms with van der Waals surface area (Å²) in [5.41, 5.74) is 1.80. The third-order valence-corrected chi connectivity index (χ3v) is 1.71. The molecule has 11 heavy (non-hydrogen) atoms. The average Bonchev–Trinajstić information content (AvgIpc) is 2.05. The molecule has 0 radical (unpaired) electrons. The molecular formula is C8H9ClN2. The fourth-order valence-corrected chi connectivity index (χ4v) is 0.892. The van der Waals surface area contributed by atoms with Gasteiger partial charge < -0.3 is 5.84 Å². The van der Waals surface area contributed by atoms with Crippen molar-refractivity contribution >= 4 is 17.3 Å². The van der Waals surface area contributed by atoms with Crippen LogP contribution in [0.15, 0.2) is 29.4 Å². The van der Waals surface area contributed by atoms with Crippen LogP contribution in [-0.2, 0) is 0 Å². The van der Waals surface area contributed by atoms with Crippen molar-refractivity contribution in [1.82, 2.24) is 0 Å². The van der Waals surface area contributed by atoms with Gasteiger partial charge in [0.15, 0.2) is 0 Å². The van der Waals surface area contributed by atoms with Crippen molar-refractivity contribution in [1.29, 1.82) is 0 Å². The molecule has 0 aliphatic heterocycles. The molecule has 0 heterocycles. The summed E-state index contributed by atoms with van der Waals surface area (Å²) < 4.78 is 0. The number of halogens is 1. The van der Waals surface area contributed by atoms with E-state index in [-0.39, 0.29) is 0 Å². The highest BCUT2D eigenvalue weighted by Gasteiger charge is 1.94. The Morgan fingerprint density at radius 3 is 2.36 bits per heavy atom. The molecule has 0 aliphatic rings. The Morgan fingerprint density at radius 1 is 1.36 bits per heavy atom. The minimum Gasteiger partial charge on any atom is -0.323 e. The first-order valence-corrected chi connectivity index (χ1v) is 3.62. The molecule has 0 aromatic heterocycles. The summed E-state index contributed by atoms with van der Waals surface area (Å²) in [7, 11) is 0. The zero-order chi connectivity index (χ0) is 8.27. The van der Waals surface area contributed by atoms with Gasteiger partial charge in [-0.3, -0.25) is 0 Å². The van der Waals surface area contributed by atoms with Gasteiger partial charge in [0.05, 0.1) is 5.71 Å². The van der Waals surface area contributed by atoms with Gasteiger partial charge in [-0.05, 0) is 24.6 Å². The predicted molar refractivity (Wildman–Crippen MR) is 47.9 cm³/mol. The average molecular weight is 169 g/mol. The Hall–Kier alpha value is -1.02. The summed E-state index contributed by atoms with van der Waals surface area (Å²) in [6.07, 6.45) is 0. The van der Waals surface area contributed by atoms with Crippen LogP contribution in [0.2, 0.25) is 5.02 Å². The van der Waals surface area contributed by atoms with Gasteiger partial charge in [0, 0.05) is 5.02 Å². The molecule has 0 saturated carbocycles.